The average molecular weight is 264 g/mol. The number of aromatic nitrogens is 3. The molecule has 0 spiro atoms. The molecule has 0 fully saturated rings. The van der Waals surface area contributed by atoms with Gasteiger partial charge in [0.2, 0.25) is 0 Å². The van der Waals surface area contributed by atoms with Gasteiger partial charge in [-0.2, -0.15) is 0 Å². The molecule has 0 saturated carbocycles. The van der Waals surface area contributed by atoms with Crippen LogP contribution in [0.3, 0.4) is 0 Å². The summed E-state index contributed by atoms with van der Waals surface area (Å²) < 4.78 is 0. The monoisotopic (exact) mass is 263 g/mol. The molecule has 2 heterocycles. The van der Waals surface area contributed by atoms with Crippen LogP contribution < -0.4 is 0 Å². The molecule has 0 aliphatic carbocycles. The predicted molar refractivity (Wildman–Crippen MR) is 75.5 cm³/mol. The van der Waals surface area contributed by atoms with Gasteiger partial charge >= 0.3 is 0 Å². The summed E-state index contributed by atoms with van der Waals surface area (Å²) in [6.45, 7) is 2.17. The lowest BCUT2D eigenvalue weighted by Gasteiger charge is -1.95. The number of nitrogens with zero attached hydrogens (tertiary/aromatic N) is 3. The predicted octanol–water partition coefficient (Wildman–Crippen LogP) is 3.95. The Kier molecular flexibility index (Phi) is 7.73. The van der Waals surface area contributed by atoms with Crippen molar-refractivity contribution in [3.05, 3.63) is 42.9 Å². The Bertz CT molecular complexity index is 364. The van der Waals surface area contributed by atoms with E-state index in [1.54, 1.807) is 24.7 Å². The number of unbranched alkanes of at least 4 members (excludes halogenated alkanes) is 2. The fourth-order valence-electron chi connectivity index (χ4n) is 1.27. The van der Waals surface area contributed by atoms with Crippen molar-refractivity contribution in [1.29, 1.82) is 0 Å². The highest BCUT2D eigenvalue weighted by Crippen LogP contribution is 2.07. The first-order valence-corrected chi connectivity index (χ1v) is 6.66. The van der Waals surface area contributed by atoms with Gasteiger partial charge < -0.3 is 0 Å². The Morgan fingerprint density at radius 2 is 1.67 bits per heavy atom. The number of alkyl halides is 1. The topological polar surface area (TPSA) is 38.7 Å². The minimum atomic E-state index is 0.665. The third kappa shape index (κ3) is 5.73. The van der Waals surface area contributed by atoms with Gasteiger partial charge in [-0.05, 0) is 24.6 Å². The van der Waals surface area contributed by atoms with Gasteiger partial charge in [-0.1, -0.05) is 25.8 Å². The lowest BCUT2D eigenvalue weighted by atomic mass is 10.3. The second-order valence-electron chi connectivity index (χ2n) is 3.68. The summed E-state index contributed by atoms with van der Waals surface area (Å²) in [4.78, 5) is 12.3. The van der Waals surface area contributed by atoms with Crippen LogP contribution >= 0.6 is 11.6 Å². The number of rotatable bonds is 4. The molecule has 2 aromatic rings. The number of halogens is 1. The van der Waals surface area contributed by atoms with Crippen molar-refractivity contribution in [2.24, 2.45) is 0 Å². The highest BCUT2D eigenvalue weighted by molar-refractivity contribution is 6.17. The maximum atomic E-state index is 5.38. The minimum Gasteiger partial charge on any atom is -0.253 e. The normalized spacial score (nSPS) is 9.44. The maximum absolute atomic E-state index is 5.38. The van der Waals surface area contributed by atoms with Gasteiger partial charge in [-0.15, -0.1) is 11.6 Å². The van der Waals surface area contributed by atoms with Crippen LogP contribution in [0.5, 0.6) is 0 Å². The quantitative estimate of drug-likeness (QED) is 0.619. The first-order chi connectivity index (χ1) is 8.88. The molecule has 0 atom stereocenters. The molecule has 4 heteroatoms. The van der Waals surface area contributed by atoms with Crippen LogP contribution in [0.4, 0.5) is 0 Å². The molecule has 96 valence electrons. The number of hydrogen-bond donors (Lipinski definition) is 0. The van der Waals surface area contributed by atoms with E-state index in [9.17, 15) is 0 Å². The molecule has 0 bridgehead atoms. The van der Waals surface area contributed by atoms with Crippen LogP contribution in [-0.2, 0) is 0 Å². The molecule has 0 amide bonds. The Balaban J connectivity index is 0.000000232. The van der Waals surface area contributed by atoms with E-state index in [0.717, 1.165) is 11.6 Å². The Labute approximate surface area is 113 Å². The molecule has 0 saturated heterocycles. The van der Waals surface area contributed by atoms with E-state index in [1.165, 1.54) is 19.3 Å². The molecule has 0 unspecified atom stereocenters. The fourth-order valence-corrected chi connectivity index (χ4v) is 1.46. The lowest BCUT2D eigenvalue weighted by molar-refractivity contribution is 0.776. The van der Waals surface area contributed by atoms with Crippen LogP contribution in [0.25, 0.3) is 11.5 Å². The Morgan fingerprint density at radius 1 is 0.944 bits per heavy atom. The number of pyridine rings is 1. The van der Waals surface area contributed by atoms with Crippen molar-refractivity contribution in [2.75, 3.05) is 5.88 Å². The molecule has 2 rings (SSSR count). The summed E-state index contributed by atoms with van der Waals surface area (Å²) in [5.41, 5.74) is 0.804. The smallest absolute Gasteiger partial charge is 0.178 e. The van der Waals surface area contributed by atoms with E-state index < -0.39 is 0 Å². The highest BCUT2D eigenvalue weighted by Gasteiger charge is 1.97. The van der Waals surface area contributed by atoms with Gasteiger partial charge in [0.1, 0.15) is 5.69 Å². The lowest BCUT2D eigenvalue weighted by Crippen LogP contribution is -1.88. The van der Waals surface area contributed by atoms with E-state index in [0.29, 0.717) is 5.82 Å². The molecular formula is C14H18ClN3. The van der Waals surface area contributed by atoms with Crippen molar-refractivity contribution in [2.45, 2.75) is 26.2 Å². The molecule has 3 nitrogen and oxygen atoms in total. The van der Waals surface area contributed by atoms with Crippen LogP contribution in [0.15, 0.2) is 42.9 Å². The first-order valence-electron chi connectivity index (χ1n) is 6.13. The summed E-state index contributed by atoms with van der Waals surface area (Å²) in [6.07, 6.45) is 8.87. The van der Waals surface area contributed by atoms with Gasteiger partial charge in [0.25, 0.3) is 0 Å². The van der Waals surface area contributed by atoms with Gasteiger partial charge in [-0.25, -0.2) is 9.97 Å². The molecule has 2 aromatic heterocycles. The SMILES string of the molecule is CCCCCCl.c1ccc(-c2ncccn2)nc1. The van der Waals surface area contributed by atoms with Crippen molar-refractivity contribution in [3.63, 3.8) is 0 Å². The molecular weight excluding hydrogens is 246 g/mol. The van der Waals surface area contributed by atoms with Crippen molar-refractivity contribution in [1.82, 2.24) is 15.0 Å². The molecule has 0 aliphatic heterocycles. The molecule has 0 N–H and O–H groups in total. The van der Waals surface area contributed by atoms with Crippen LogP contribution in [0.2, 0.25) is 0 Å². The molecule has 0 aliphatic rings. The van der Waals surface area contributed by atoms with Crippen molar-refractivity contribution < 1.29 is 0 Å². The zero-order chi connectivity index (χ0) is 13.1. The summed E-state index contributed by atoms with van der Waals surface area (Å²) in [5.74, 6) is 1.49. The van der Waals surface area contributed by atoms with E-state index in [4.69, 9.17) is 11.6 Å². The van der Waals surface area contributed by atoms with Crippen LogP contribution in [0.1, 0.15) is 26.2 Å². The summed E-state index contributed by atoms with van der Waals surface area (Å²) in [7, 11) is 0. The second-order valence-corrected chi connectivity index (χ2v) is 4.06. The van der Waals surface area contributed by atoms with Gasteiger partial charge in [-0.3, -0.25) is 4.98 Å². The van der Waals surface area contributed by atoms with Crippen LogP contribution in [-0.4, -0.2) is 20.8 Å². The molecule has 0 aromatic carbocycles. The number of hydrogen-bond acceptors (Lipinski definition) is 3. The maximum Gasteiger partial charge on any atom is 0.178 e. The van der Waals surface area contributed by atoms with Crippen LogP contribution in [0, 0.1) is 0 Å². The summed E-state index contributed by atoms with van der Waals surface area (Å²) >= 11 is 5.38. The van der Waals surface area contributed by atoms with Crippen molar-refractivity contribution in [3.8, 4) is 11.5 Å². The van der Waals surface area contributed by atoms with E-state index >= 15 is 0 Å². The molecule has 0 radical (unpaired) electrons. The minimum absolute atomic E-state index is 0.665. The zero-order valence-electron chi connectivity index (χ0n) is 10.6. The van der Waals surface area contributed by atoms with Crippen molar-refractivity contribution >= 4 is 11.6 Å². The standard InChI is InChI=1S/C9H7N3.C5H11Cl/c1-2-5-10-8(4-1)9-11-6-3-7-12-9;1-2-3-4-5-6/h1-7H;2-5H2,1H3. The third-order valence-corrected chi connectivity index (χ3v) is 2.46. The van der Waals surface area contributed by atoms with Gasteiger partial charge in [0.15, 0.2) is 5.82 Å². The van der Waals surface area contributed by atoms with Gasteiger partial charge in [0.05, 0.1) is 0 Å². The average Bonchev–Trinajstić information content (AvgIpc) is 2.48. The fraction of sp³-hybridized carbons (Fsp3) is 0.357. The van der Waals surface area contributed by atoms with E-state index in [1.807, 2.05) is 18.2 Å². The Hall–Kier alpha value is -1.48. The molecule has 18 heavy (non-hydrogen) atoms. The highest BCUT2D eigenvalue weighted by atomic mass is 35.5. The van der Waals surface area contributed by atoms with E-state index in [-0.39, 0.29) is 0 Å². The zero-order valence-corrected chi connectivity index (χ0v) is 11.3. The van der Waals surface area contributed by atoms with Gasteiger partial charge in [0, 0.05) is 24.5 Å². The largest absolute Gasteiger partial charge is 0.253 e. The Morgan fingerprint density at radius 3 is 2.17 bits per heavy atom. The third-order valence-electron chi connectivity index (χ3n) is 2.20. The summed E-state index contributed by atoms with van der Waals surface area (Å²) in [6, 6.07) is 7.45. The second kappa shape index (κ2) is 9.54. The first kappa shape index (κ1) is 14.6. The summed E-state index contributed by atoms with van der Waals surface area (Å²) in [5, 5.41) is 0. The van der Waals surface area contributed by atoms with E-state index in [2.05, 4.69) is 21.9 Å².